The summed E-state index contributed by atoms with van der Waals surface area (Å²) in [5, 5.41) is 2.89. The summed E-state index contributed by atoms with van der Waals surface area (Å²) in [6.07, 6.45) is 0. The van der Waals surface area contributed by atoms with Crippen LogP contribution in [-0.2, 0) is 4.79 Å². The van der Waals surface area contributed by atoms with Crippen LogP contribution in [0.2, 0.25) is 0 Å². The van der Waals surface area contributed by atoms with Gasteiger partial charge in [-0.2, -0.15) is 0 Å². The van der Waals surface area contributed by atoms with Gasteiger partial charge in [0.1, 0.15) is 0 Å². The molecule has 0 atom stereocenters. The van der Waals surface area contributed by atoms with Gasteiger partial charge in [-0.05, 0) is 59.7 Å². The van der Waals surface area contributed by atoms with Crippen molar-refractivity contribution in [2.75, 3.05) is 33.1 Å². The fourth-order valence-corrected chi connectivity index (χ4v) is 3.37. The zero-order valence-electron chi connectivity index (χ0n) is 16.1. The number of aryl methyl sites for hydroxylation is 2. The highest BCUT2D eigenvalue weighted by Gasteiger charge is 2.20. The number of likely N-dealkylation sites (N-methyl/N-ethyl adjacent to an activating group) is 1. The molecule has 0 aliphatic rings. The molecule has 7 heteroatoms. The maximum atomic E-state index is 12.8. The van der Waals surface area contributed by atoms with E-state index in [2.05, 4.69) is 27.9 Å². The number of halogens is 1. The van der Waals surface area contributed by atoms with Gasteiger partial charge in [0.05, 0.1) is 26.3 Å². The van der Waals surface area contributed by atoms with E-state index in [0.717, 1.165) is 20.4 Å². The van der Waals surface area contributed by atoms with Crippen molar-refractivity contribution < 1.29 is 19.1 Å². The lowest BCUT2D eigenvalue weighted by Crippen LogP contribution is -2.35. The summed E-state index contributed by atoms with van der Waals surface area (Å²) in [6, 6.07) is 9.17. The molecule has 0 aliphatic heterocycles. The Morgan fingerprint density at radius 3 is 2.19 bits per heavy atom. The van der Waals surface area contributed by atoms with Crippen LogP contribution in [0.25, 0.3) is 0 Å². The first-order valence-electron chi connectivity index (χ1n) is 8.31. The number of anilines is 1. The second kappa shape index (κ2) is 9.07. The van der Waals surface area contributed by atoms with Crippen LogP contribution in [-0.4, -0.2) is 44.5 Å². The van der Waals surface area contributed by atoms with E-state index < -0.39 is 0 Å². The van der Waals surface area contributed by atoms with E-state index in [-0.39, 0.29) is 18.4 Å². The number of nitrogens with zero attached hydrogens (tertiary/aromatic N) is 1. The van der Waals surface area contributed by atoms with Crippen molar-refractivity contribution in [2.24, 2.45) is 0 Å². The molecule has 1 N–H and O–H groups in total. The molecule has 2 amide bonds. The third-order valence-corrected chi connectivity index (χ3v) is 5.07. The van der Waals surface area contributed by atoms with Gasteiger partial charge < -0.3 is 19.7 Å². The van der Waals surface area contributed by atoms with Gasteiger partial charge in [-0.1, -0.05) is 18.2 Å². The van der Waals surface area contributed by atoms with E-state index in [1.54, 1.807) is 26.3 Å². The summed E-state index contributed by atoms with van der Waals surface area (Å²) in [6.45, 7) is 3.81. The van der Waals surface area contributed by atoms with Crippen molar-refractivity contribution in [1.29, 1.82) is 0 Å². The van der Waals surface area contributed by atoms with Crippen molar-refractivity contribution in [1.82, 2.24) is 4.90 Å². The number of para-hydroxylation sites is 1. The Hall–Kier alpha value is -2.29. The molecular formula is C20H23IN2O4. The van der Waals surface area contributed by atoms with Crippen LogP contribution in [0.4, 0.5) is 5.69 Å². The second-order valence-electron chi connectivity index (χ2n) is 6.16. The van der Waals surface area contributed by atoms with E-state index in [1.165, 1.54) is 12.0 Å². The number of carbonyl (C=O) groups excluding carboxylic acids is 2. The highest BCUT2D eigenvalue weighted by atomic mass is 127. The van der Waals surface area contributed by atoms with Crippen molar-refractivity contribution >= 4 is 40.1 Å². The molecule has 6 nitrogen and oxygen atoms in total. The Bertz CT molecular complexity index is 847. The van der Waals surface area contributed by atoms with E-state index >= 15 is 0 Å². The minimum absolute atomic E-state index is 0.0585. The molecule has 0 saturated heterocycles. The number of rotatable bonds is 6. The van der Waals surface area contributed by atoms with Crippen molar-refractivity contribution in [3.8, 4) is 11.5 Å². The topological polar surface area (TPSA) is 67.9 Å². The third kappa shape index (κ3) is 4.91. The van der Waals surface area contributed by atoms with Crippen LogP contribution in [0.15, 0.2) is 30.3 Å². The number of methoxy groups -OCH3 is 2. The van der Waals surface area contributed by atoms with Crippen LogP contribution in [0.5, 0.6) is 11.5 Å². The normalized spacial score (nSPS) is 10.3. The Morgan fingerprint density at radius 2 is 1.63 bits per heavy atom. The van der Waals surface area contributed by atoms with Crippen molar-refractivity contribution in [2.45, 2.75) is 13.8 Å². The first-order valence-corrected chi connectivity index (χ1v) is 9.39. The molecule has 0 bridgehead atoms. The molecule has 0 radical (unpaired) electrons. The van der Waals surface area contributed by atoms with Crippen molar-refractivity contribution in [3.05, 3.63) is 50.6 Å². The molecule has 0 saturated carbocycles. The molecule has 0 fully saturated rings. The van der Waals surface area contributed by atoms with Gasteiger partial charge >= 0.3 is 0 Å². The lowest BCUT2D eigenvalue weighted by Gasteiger charge is -2.19. The SMILES string of the molecule is COc1cc(I)c(C(=O)N(C)CC(=O)Nc2c(C)cccc2C)cc1OC. The van der Waals surface area contributed by atoms with Crippen LogP contribution in [0.3, 0.4) is 0 Å². The number of ether oxygens (including phenoxy) is 2. The van der Waals surface area contributed by atoms with Crippen LogP contribution in [0.1, 0.15) is 21.5 Å². The second-order valence-corrected chi connectivity index (χ2v) is 7.33. The lowest BCUT2D eigenvalue weighted by molar-refractivity contribution is -0.116. The van der Waals surface area contributed by atoms with E-state index in [4.69, 9.17) is 9.47 Å². The van der Waals surface area contributed by atoms with Gasteiger partial charge in [0.2, 0.25) is 5.91 Å². The predicted molar refractivity (Wildman–Crippen MR) is 114 cm³/mol. The van der Waals surface area contributed by atoms with Crippen LogP contribution in [0, 0.1) is 17.4 Å². The fourth-order valence-electron chi connectivity index (χ4n) is 2.70. The predicted octanol–water partition coefficient (Wildman–Crippen LogP) is 3.64. The van der Waals surface area contributed by atoms with E-state index in [1.807, 2.05) is 32.0 Å². The van der Waals surface area contributed by atoms with Crippen LogP contribution >= 0.6 is 22.6 Å². The first-order chi connectivity index (χ1) is 12.8. The standard InChI is InChI=1S/C20H23IN2O4/c1-12-7-6-8-13(2)19(12)22-18(24)11-23(3)20(25)14-9-16(26-4)17(27-5)10-15(14)21/h6-10H,11H2,1-5H3,(H,22,24). The number of hydrogen-bond donors (Lipinski definition) is 1. The smallest absolute Gasteiger partial charge is 0.255 e. The molecule has 2 aromatic rings. The summed E-state index contributed by atoms with van der Waals surface area (Å²) in [5.41, 5.74) is 3.19. The Kier molecular flexibility index (Phi) is 7.06. The van der Waals surface area contributed by atoms with Crippen LogP contribution < -0.4 is 14.8 Å². The first kappa shape index (κ1) is 21.0. The number of carbonyl (C=O) groups is 2. The number of hydrogen-bond acceptors (Lipinski definition) is 4. The molecular weight excluding hydrogens is 459 g/mol. The van der Waals surface area contributed by atoms with Gasteiger partial charge in [0.25, 0.3) is 5.91 Å². The van der Waals surface area contributed by atoms with E-state index in [0.29, 0.717) is 17.1 Å². The van der Waals surface area contributed by atoms with Gasteiger partial charge in [-0.15, -0.1) is 0 Å². The largest absolute Gasteiger partial charge is 0.493 e. The highest BCUT2D eigenvalue weighted by Crippen LogP contribution is 2.31. The molecule has 2 rings (SSSR count). The Labute approximate surface area is 173 Å². The molecule has 144 valence electrons. The quantitative estimate of drug-likeness (QED) is 0.639. The van der Waals surface area contributed by atoms with Gasteiger partial charge in [0, 0.05) is 16.3 Å². The number of benzene rings is 2. The number of amides is 2. The van der Waals surface area contributed by atoms with E-state index in [9.17, 15) is 9.59 Å². The molecule has 2 aromatic carbocycles. The molecule has 0 heterocycles. The zero-order valence-corrected chi connectivity index (χ0v) is 18.2. The molecule has 27 heavy (non-hydrogen) atoms. The average molecular weight is 482 g/mol. The summed E-state index contributed by atoms with van der Waals surface area (Å²) in [5.74, 6) is 0.499. The molecule has 0 spiro atoms. The third-order valence-electron chi connectivity index (χ3n) is 4.18. The van der Waals surface area contributed by atoms with Gasteiger partial charge in [0.15, 0.2) is 11.5 Å². The van der Waals surface area contributed by atoms with Gasteiger partial charge in [-0.3, -0.25) is 9.59 Å². The molecule has 0 aliphatic carbocycles. The lowest BCUT2D eigenvalue weighted by atomic mass is 10.1. The summed E-state index contributed by atoms with van der Waals surface area (Å²) < 4.78 is 11.2. The minimum atomic E-state index is -0.267. The minimum Gasteiger partial charge on any atom is -0.493 e. The summed E-state index contributed by atoms with van der Waals surface area (Å²) in [7, 11) is 4.65. The highest BCUT2D eigenvalue weighted by molar-refractivity contribution is 14.1. The summed E-state index contributed by atoms with van der Waals surface area (Å²) in [4.78, 5) is 26.6. The maximum Gasteiger partial charge on any atom is 0.255 e. The average Bonchev–Trinajstić information content (AvgIpc) is 2.63. The fraction of sp³-hybridized carbons (Fsp3) is 0.300. The van der Waals surface area contributed by atoms with Crippen molar-refractivity contribution in [3.63, 3.8) is 0 Å². The monoisotopic (exact) mass is 482 g/mol. The van der Waals surface area contributed by atoms with Gasteiger partial charge in [-0.25, -0.2) is 0 Å². The summed E-state index contributed by atoms with van der Waals surface area (Å²) >= 11 is 2.07. The molecule has 0 unspecified atom stereocenters. The maximum absolute atomic E-state index is 12.8. The zero-order chi connectivity index (χ0) is 20.1. The number of nitrogens with one attached hydrogen (secondary N) is 1. The Balaban J connectivity index is 2.15. The Morgan fingerprint density at radius 1 is 1.07 bits per heavy atom. The molecule has 0 aromatic heterocycles.